The van der Waals surface area contributed by atoms with Crippen molar-refractivity contribution >= 4 is 11.6 Å². The summed E-state index contributed by atoms with van der Waals surface area (Å²) in [5.74, 6) is 0.218. The van der Waals surface area contributed by atoms with Crippen molar-refractivity contribution in [3.05, 3.63) is 29.6 Å². The highest BCUT2D eigenvalue weighted by Gasteiger charge is 2.39. The maximum atomic E-state index is 13.2. The van der Waals surface area contributed by atoms with Crippen LogP contribution in [-0.4, -0.2) is 11.9 Å². The van der Waals surface area contributed by atoms with Gasteiger partial charge >= 0.3 is 0 Å². The molecule has 2 aliphatic rings. The van der Waals surface area contributed by atoms with Gasteiger partial charge in [-0.1, -0.05) is 18.9 Å². The molecule has 1 amide bonds. The van der Waals surface area contributed by atoms with Gasteiger partial charge in [0.15, 0.2) is 0 Å². The van der Waals surface area contributed by atoms with E-state index in [4.69, 9.17) is 5.73 Å². The lowest BCUT2D eigenvalue weighted by Crippen LogP contribution is -2.60. The van der Waals surface area contributed by atoms with Gasteiger partial charge in [0.05, 0.1) is 5.69 Å². The molecule has 1 saturated carbocycles. The van der Waals surface area contributed by atoms with Crippen LogP contribution in [0.3, 0.4) is 0 Å². The Labute approximate surface area is 117 Å². The molecule has 5 heteroatoms. The van der Waals surface area contributed by atoms with Gasteiger partial charge in [-0.3, -0.25) is 10.2 Å². The van der Waals surface area contributed by atoms with E-state index in [-0.39, 0.29) is 29.4 Å². The van der Waals surface area contributed by atoms with Crippen molar-refractivity contribution in [2.45, 2.75) is 38.1 Å². The number of nitrogens with two attached hydrogens (primary N) is 1. The third kappa shape index (κ3) is 2.50. The van der Waals surface area contributed by atoms with Gasteiger partial charge in [0.1, 0.15) is 5.82 Å². The van der Waals surface area contributed by atoms with Gasteiger partial charge in [-0.2, -0.15) is 0 Å². The van der Waals surface area contributed by atoms with Crippen molar-refractivity contribution in [1.29, 1.82) is 0 Å². The highest BCUT2D eigenvalue weighted by atomic mass is 19.1. The average Bonchev–Trinajstić information content (AvgIpc) is 2.46. The predicted molar refractivity (Wildman–Crippen MR) is 75.0 cm³/mol. The van der Waals surface area contributed by atoms with Crippen LogP contribution in [0.5, 0.6) is 0 Å². The maximum absolute atomic E-state index is 13.2. The first-order chi connectivity index (χ1) is 9.65. The van der Waals surface area contributed by atoms with Crippen LogP contribution in [0.25, 0.3) is 0 Å². The molecule has 2 fully saturated rings. The fourth-order valence-electron chi connectivity index (χ4n) is 3.51. The molecule has 0 spiro atoms. The van der Waals surface area contributed by atoms with Gasteiger partial charge < -0.3 is 5.73 Å². The number of carbonyl (C=O) groups excluding carboxylic acids is 1. The standard InChI is InChI=1S/C15H20FN3O/c16-12-6-5-9(7-13(12)17)8-14-10-3-1-2-4-11(10)15(20)19-18-14/h5-7,10-11,14,18H,1-4,8,17H2,(H,19,20). The number of amides is 1. The summed E-state index contributed by atoms with van der Waals surface area (Å²) >= 11 is 0. The van der Waals surface area contributed by atoms with Crippen LogP contribution in [0.1, 0.15) is 31.2 Å². The minimum atomic E-state index is -0.380. The molecule has 0 bridgehead atoms. The molecule has 1 aromatic carbocycles. The molecule has 1 aliphatic carbocycles. The monoisotopic (exact) mass is 277 g/mol. The number of nitrogen functional groups attached to an aromatic ring is 1. The normalized spacial score (nSPS) is 29.6. The van der Waals surface area contributed by atoms with Gasteiger partial charge in [-0.05, 0) is 42.9 Å². The molecule has 1 heterocycles. The zero-order valence-electron chi connectivity index (χ0n) is 11.4. The highest BCUT2D eigenvalue weighted by Crippen LogP contribution is 2.35. The molecule has 0 radical (unpaired) electrons. The first kappa shape index (κ1) is 13.4. The molecule has 0 aromatic heterocycles. The van der Waals surface area contributed by atoms with Crippen LogP contribution in [0.15, 0.2) is 18.2 Å². The van der Waals surface area contributed by atoms with Crippen LogP contribution in [0.4, 0.5) is 10.1 Å². The first-order valence-corrected chi connectivity index (χ1v) is 7.24. The number of hydrogen-bond donors (Lipinski definition) is 3. The van der Waals surface area contributed by atoms with E-state index in [0.717, 1.165) is 31.2 Å². The van der Waals surface area contributed by atoms with Crippen LogP contribution in [-0.2, 0) is 11.2 Å². The van der Waals surface area contributed by atoms with Crippen molar-refractivity contribution in [1.82, 2.24) is 10.9 Å². The lowest BCUT2D eigenvalue weighted by Gasteiger charge is -2.41. The van der Waals surface area contributed by atoms with E-state index < -0.39 is 0 Å². The molecule has 108 valence electrons. The number of rotatable bonds is 2. The van der Waals surface area contributed by atoms with Gasteiger partial charge in [0.25, 0.3) is 0 Å². The Morgan fingerprint density at radius 2 is 2.10 bits per heavy atom. The Morgan fingerprint density at radius 3 is 2.90 bits per heavy atom. The van der Waals surface area contributed by atoms with Gasteiger partial charge in [-0.15, -0.1) is 0 Å². The van der Waals surface area contributed by atoms with Crippen molar-refractivity contribution in [2.24, 2.45) is 11.8 Å². The topological polar surface area (TPSA) is 67.2 Å². The molecule has 1 aromatic rings. The van der Waals surface area contributed by atoms with Gasteiger partial charge in [0, 0.05) is 12.0 Å². The minimum absolute atomic E-state index is 0.115. The fourth-order valence-corrected chi connectivity index (χ4v) is 3.51. The largest absolute Gasteiger partial charge is 0.396 e. The van der Waals surface area contributed by atoms with Crippen molar-refractivity contribution in [3.63, 3.8) is 0 Å². The quantitative estimate of drug-likeness (QED) is 0.722. The number of benzene rings is 1. The van der Waals surface area contributed by atoms with Crippen molar-refractivity contribution in [2.75, 3.05) is 5.73 Å². The summed E-state index contributed by atoms with van der Waals surface area (Å²) in [5.41, 5.74) is 12.7. The molecule has 4 N–H and O–H groups in total. The zero-order chi connectivity index (χ0) is 14.1. The molecule has 20 heavy (non-hydrogen) atoms. The zero-order valence-corrected chi connectivity index (χ0v) is 11.4. The molecular formula is C15H20FN3O. The SMILES string of the molecule is Nc1cc(CC2NNC(=O)C3CCCCC23)ccc1F. The molecular weight excluding hydrogens is 257 g/mol. The lowest BCUT2D eigenvalue weighted by atomic mass is 9.72. The van der Waals surface area contributed by atoms with Gasteiger partial charge in [0.2, 0.25) is 5.91 Å². The molecule has 1 saturated heterocycles. The number of carbonyl (C=O) groups is 1. The minimum Gasteiger partial charge on any atom is -0.396 e. The molecule has 3 unspecified atom stereocenters. The summed E-state index contributed by atoms with van der Waals surface area (Å²) in [7, 11) is 0. The Bertz CT molecular complexity index is 520. The number of nitrogens with one attached hydrogen (secondary N) is 2. The molecule has 3 rings (SSSR count). The summed E-state index contributed by atoms with van der Waals surface area (Å²) in [4.78, 5) is 11.9. The van der Waals surface area contributed by atoms with E-state index in [0.29, 0.717) is 5.92 Å². The number of halogens is 1. The number of hydrazine groups is 1. The molecule has 3 atom stereocenters. The molecule has 4 nitrogen and oxygen atoms in total. The van der Waals surface area contributed by atoms with Gasteiger partial charge in [-0.25, -0.2) is 9.82 Å². The van der Waals surface area contributed by atoms with E-state index >= 15 is 0 Å². The summed E-state index contributed by atoms with van der Waals surface area (Å²) in [5, 5.41) is 0. The second-order valence-electron chi connectivity index (χ2n) is 5.85. The highest BCUT2D eigenvalue weighted by molar-refractivity contribution is 5.79. The second kappa shape index (κ2) is 5.40. The van der Waals surface area contributed by atoms with E-state index in [1.807, 2.05) is 0 Å². The summed E-state index contributed by atoms with van der Waals surface area (Å²) in [6.45, 7) is 0. The predicted octanol–water partition coefficient (Wildman–Crippen LogP) is 1.76. The first-order valence-electron chi connectivity index (χ1n) is 7.24. The van der Waals surface area contributed by atoms with E-state index in [9.17, 15) is 9.18 Å². The average molecular weight is 277 g/mol. The van der Waals surface area contributed by atoms with Crippen LogP contribution in [0, 0.1) is 17.7 Å². The number of fused-ring (bicyclic) bond motifs is 1. The fraction of sp³-hybridized carbons (Fsp3) is 0.533. The van der Waals surface area contributed by atoms with Crippen LogP contribution in [0.2, 0.25) is 0 Å². The lowest BCUT2D eigenvalue weighted by molar-refractivity contribution is -0.133. The smallest absolute Gasteiger partial charge is 0.237 e. The Kier molecular flexibility index (Phi) is 3.61. The van der Waals surface area contributed by atoms with E-state index in [1.165, 1.54) is 12.5 Å². The molecule has 1 aliphatic heterocycles. The number of hydrogen-bond acceptors (Lipinski definition) is 3. The van der Waals surface area contributed by atoms with Crippen LogP contribution < -0.4 is 16.6 Å². The summed E-state index contributed by atoms with van der Waals surface area (Å²) in [6.07, 6.45) is 5.11. The summed E-state index contributed by atoms with van der Waals surface area (Å²) < 4.78 is 13.2. The van der Waals surface area contributed by atoms with Crippen LogP contribution >= 0.6 is 0 Å². The summed E-state index contributed by atoms with van der Waals surface area (Å²) in [6, 6.07) is 5.06. The van der Waals surface area contributed by atoms with Crippen molar-refractivity contribution in [3.8, 4) is 0 Å². The Morgan fingerprint density at radius 1 is 1.30 bits per heavy atom. The second-order valence-corrected chi connectivity index (χ2v) is 5.85. The number of anilines is 1. The maximum Gasteiger partial charge on any atom is 0.237 e. The van der Waals surface area contributed by atoms with E-state index in [2.05, 4.69) is 10.9 Å². The third-order valence-electron chi connectivity index (χ3n) is 4.57. The van der Waals surface area contributed by atoms with Crippen molar-refractivity contribution < 1.29 is 9.18 Å². The third-order valence-corrected chi connectivity index (χ3v) is 4.57. The van der Waals surface area contributed by atoms with E-state index in [1.54, 1.807) is 12.1 Å². The Balaban J connectivity index is 1.75. The Hall–Kier alpha value is -1.62.